The van der Waals surface area contributed by atoms with Gasteiger partial charge in [-0.15, -0.1) is 16.8 Å². The lowest BCUT2D eigenvalue weighted by atomic mass is 10.2. The number of ether oxygens (including phenoxy) is 1. The van der Waals surface area contributed by atoms with Crippen LogP contribution in [0.25, 0.3) is 16.7 Å². The van der Waals surface area contributed by atoms with Gasteiger partial charge >= 0.3 is 0 Å². The van der Waals surface area contributed by atoms with Crippen molar-refractivity contribution in [3.8, 4) is 0 Å². The fourth-order valence-electron chi connectivity index (χ4n) is 3.72. The smallest absolute Gasteiger partial charge is 0.263 e. The Morgan fingerprint density at radius 3 is 2.72 bits per heavy atom. The molecule has 0 saturated carbocycles. The molecule has 0 spiro atoms. The minimum atomic E-state index is -0.135. The van der Waals surface area contributed by atoms with Gasteiger partial charge in [-0.2, -0.15) is 0 Å². The summed E-state index contributed by atoms with van der Waals surface area (Å²) in [6.45, 7) is 9.19. The Balaban J connectivity index is 1.67. The molecule has 2 aromatic heterocycles. The third-order valence-electron chi connectivity index (χ3n) is 4.89. The zero-order chi connectivity index (χ0) is 20.5. The molecule has 29 heavy (non-hydrogen) atoms. The molecule has 1 amide bonds. The summed E-state index contributed by atoms with van der Waals surface area (Å²) in [7, 11) is 0. The molecule has 1 aromatic carbocycles. The number of carbonyl (C=O) groups is 1. The van der Waals surface area contributed by atoms with Gasteiger partial charge in [-0.3, -0.25) is 18.6 Å². The SMILES string of the molecule is C=CCn1c(=O)c2ccccc2n2c(SCC(=O)N3C[C@H](C)O[C@@H](C)C3)nnc12. The molecule has 0 unspecified atom stereocenters. The van der Waals surface area contributed by atoms with Crippen LogP contribution in [-0.2, 0) is 16.1 Å². The zero-order valence-corrected chi connectivity index (χ0v) is 17.3. The Kier molecular flexibility index (Phi) is 5.42. The van der Waals surface area contributed by atoms with Crippen LogP contribution in [0, 0.1) is 0 Å². The predicted molar refractivity (Wildman–Crippen MR) is 112 cm³/mol. The van der Waals surface area contributed by atoms with Crippen molar-refractivity contribution in [1.29, 1.82) is 0 Å². The highest BCUT2D eigenvalue weighted by Gasteiger charge is 2.26. The first-order chi connectivity index (χ1) is 14.0. The lowest BCUT2D eigenvalue weighted by Gasteiger charge is -2.35. The number of carbonyl (C=O) groups excluding carboxylic acids is 1. The molecule has 2 atom stereocenters. The molecule has 1 saturated heterocycles. The van der Waals surface area contributed by atoms with E-state index < -0.39 is 0 Å². The minimum Gasteiger partial charge on any atom is -0.372 e. The summed E-state index contributed by atoms with van der Waals surface area (Å²) in [5, 5.41) is 9.64. The van der Waals surface area contributed by atoms with Gasteiger partial charge in [0.15, 0.2) is 5.16 Å². The molecule has 0 bridgehead atoms. The van der Waals surface area contributed by atoms with Crippen molar-refractivity contribution in [1.82, 2.24) is 24.1 Å². The summed E-state index contributed by atoms with van der Waals surface area (Å²) in [6.07, 6.45) is 1.71. The Morgan fingerprint density at radius 1 is 1.28 bits per heavy atom. The van der Waals surface area contributed by atoms with Gasteiger partial charge in [-0.25, -0.2) is 0 Å². The number of amides is 1. The molecule has 9 heteroatoms. The van der Waals surface area contributed by atoms with Crippen LogP contribution >= 0.6 is 11.8 Å². The number of aromatic nitrogens is 4. The average Bonchev–Trinajstić information content (AvgIpc) is 3.12. The van der Waals surface area contributed by atoms with Gasteiger partial charge in [-0.1, -0.05) is 30.0 Å². The zero-order valence-electron chi connectivity index (χ0n) is 16.4. The fraction of sp³-hybridized carbons (Fsp3) is 0.400. The quantitative estimate of drug-likeness (QED) is 0.470. The largest absolute Gasteiger partial charge is 0.372 e. The van der Waals surface area contributed by atoms with Crippen LogP contribution in [-0.4, -0.2) is 61.0 Å². The molecule has 1 fully saturated rings. The molecule has 0 radical (unpaired) electrons. The monoisotopic (exact) mass is 413 g/mol. The second kappa shape index (κ2) is 8.00. The molecule has 0 aliphatic carbocycles. The number of morpholine rings is 1. The molecule has 1 aliphatic heterocycles. The summed E-state index contributed by atoms with van der Waals surface area (Å²) in [4.78, 5) is 27.4. The van der Waals surface area contributed by atoms with Crippen molar-refractivity contribution in [3.05, 3.63) is 47.3 Å². The maximum Gasteiger partial charge on any atom is 0.263 e. The third-order valence-corrected chi connectivity index (χ3v) is 5.80. The van der Waals surface area contributed by atoms with E-state index in [-0.39, 0.29) is 29.4 Å². The van der Waals surface area contributed by atoms with Crippen molar-refractivity contribution in [2.75, 3.05) is 18.8 Å². The van der Waals surface area contributed by atoms with Gasteiger partial charge in [0, 0.05) is 19.6 Å². The number of nitrogens with zero attached hydrogens (tertiary/aromatic N) is 5. The van der Waals surface area contributed by atoms with Crippen molar-refractivity contribution >= 4 is 34.3 Å². The molecule has 3 aromatic rings. The molecule has 1 aliphatic rings. The van der Waals surface area contributed by atoms with Gasteiger partial charge in [0.05, 0.1) is 28.9 Å². The maximum absolute atomic E-state index is 12.8. The van der Waals surface area contributed by atoms with Gasteiger partial charge < -0.3 is 9.64 Å². The Labute approximate surface area is 172 Å². The topological polar surface area (TPSA) is 81.7 Å². The lowest BCUT2D eigenvalue weighted by Crippen LogP contribution is -2.48. The van der Waals surface area contributed by atoms with Gasteiger partial charge in [0.25, 0.3) is 5.56 Å². The van der Waals surface area contributed by atoms with E-state index >= 15 is 0 Å². The molecule has 4 rings (SSSR count). The van der Waals surface area contributed by atoms with Crippen molar-refractivity contribution < 1.29 is 9.53 Å². The van der Waals surface area contributed by atoms with E-state index in [9.17, 15) is 9.59 Å². The number of hydrogen-bond acceptors (Lipinski definition) is 6. The summed E-state index contributed by atoms with van der Waals surface area (Å²) < 4.78 is 9.08. The second-order valence-electron chi connectivity index (χ2n) is 7.18. The van der Waals surface area contributed by atoms with E-state index in [4.69, 9.17) is 4.74 Å². The summed E-state index contributed by atoms with van der Waals surface area (Å²) in [5.74, 6) is 0.726. The van der Waals surface area contributed by atoms with E-state index in [1.165, 1.54) is 11.8 Å². The average molecular weight is 414 g/mol. The van der Waals surface area contributed by atoms with Gasteiger partial charge in [0.1, 0.15) is 0 Å². The first-order valence-corrected chi connectivity index (χ1v) is 10.5. The molecule has 0 N–H and O–H groups in total. The molecule has 8 nitrogen and oxygen atoms in total. The number of para-hydroxylation sites is 1. The van der Waals surface area contributed by atoms with E-state index in [1.54, 1.807) is 16.7 Å². The molecular weight excluding hydrogens is 390 g/mol. The second-order valence-corrected chi connectivity index (χ2v) is 8.13. The van der Waals surface area contributed by atoms with Crippen molar-refractivity contribution in [2.24, 2.45) is 0 Å². The Hall–Kier alpha value is -2.65. The van der Waals surface area contributed by atoms with Crippen LogP contribution in [0.15, 0.2) is 46.9 Å². The predicted octanol–water partition coefficient (Wildman–Crippen LogP) is 1.96. The van der Waals surface area contributed by atoms with Crippen LogP contribution in [0.1, 0.15) is 13.8 Å². The van der Waals surface area contributed by atoms with Gasteiger partial charge in [0.2, 0.25) is 11.7 Å². The summed E-state index contributed by atoms with van der Waals surface area (Å²) >= 11 is 1.32. The van der Waals surface area contributed by atoms with Crippen LogP contribution in [0.3, 0.4) is 0 Å². The van der Waals surface area contributed by atoms with Crippen molar-refractivity contribution in [2.45, 2.75) is 37.8 Å². The Bertz CT molecular complexity index is 1130. The van der Waals surface area contributed by atoms with E-state index in [1.807, 2.05) is 41.3 Å². The van der Waals surface area contributed by atoms with Crippen LogP contribution in [0.4, 0.5) is 0 Å². The fourth-order valence-corrected chi connectivity index (χ4v) is 4.56. The highest BCUT2D eigenvalue weighted by atomic mass is 32.2. The standard InChI is InChI=1S/C20H23N5O3S/c1-4-9-24-18(27)15-7-5-6-8-16(15)25-19(24)21-22-20(25)29-12-17(26)23-10-13(2)28-14(3)11-23/h4-8,13-14H,1,9-12H2,2-3H3/t13-,14-/m0/s1. The maximum atomic E-state index is 12.8. The number of benzene rings is 1. The third kappa shape index (κ3) is 3.67. The van der Waals surface area contributed by atoms with Crippen LogP contribution in [0.2, 0.25) is 0 Å². The summed E-state index contributed by atoms with van der Waals surface area (Å²) in [6, 6.07) is 7.35. The summed E-state index contributed by atoms with van der Waals surface area (Å²) in [5.41, 5.74) is 0.589. The van der Waals surface area contributed by atoms with Gasteiger partial charge in [-0.05, 0) is 26.0 Å². The Morgan fingerprint density at radius 2 is 2.00 bits per heavy atom. The first-order valence-electron chi connectivity index (χ1n) is 9.53. The van der Waals surface area contributed by atoms with E-state index in [0.29, 0.717) is 36.0 Å². The molecular formula is C20H23N5O3S. The first kappa shape index (κ1) is 19.7. The molecule has 3 heterocycles. The number of rotatable bonds is 5. The number of thioether (sulfide) groups is 1. The number of allylic oxidation sites excluding steroid dienone is 1. The highest BCUT2D eigenvalue weighted by molar-refractivity contribution is 7.99. The number of hydrogen-bond donors (Lipinski definition) is 0. The van der Waals surface area contributed by atoms with Crippen LogP contribution in [0.5, 0.6) is 0 Å². The normalized spacial score (nSPS) is 19.7. The van der Waals surface area contributed by atoms with E-state index in [2.05, 4.69) is 16.8 Å². The highest BCUT2D eigenvalue weighted by Crippen LogP contribution is 2.22. The van der Waals surface area contributed by atoms with Crippen LogP contribution < -0.4 is 5.56 Å². The molecule has 152 valence electrons. The van der Waals surface area contributed by atoms with E-state index in [0.717, 1.165) is 5.52 Å². The lowest BCUT2D eigenvalue weighted by molar-refractivity contribution is -0.140. The minimum absolute atomic E-state index is 0.0268. The van der Waals surface area contributed by atoms with Crippen molar-refractivity contribution in [3.63, 3.8) is 0 Å². The number of fused-ring (bicyclic) bond motifs is 3.